The molecule has 0 spiro atoms. The maximum absolute atomic E-state index is 8.89. The van der Waals surface area contributed by atoms with Crippen LogP contribution in [0.3, 0.4) is 0 Å². The fraction of sp³-hybridized carbons (Fsp3) is 0.133. The van der Waals surface area contributed by atoms with Crippen molar-refractivity contribution in [2.24, 2.45) is 0 Å². The van der Waals surface area contributed by atoms with Gasteiger partial charge < -0.3 is 10.6 Å². The lowest BCUT2D eigenvalue weighted by Crippen LogP contribution is -2.28. The number of hydrogen-bond acceptors (Lipinski definition) is 3. The van der Waals surface area contributed by atoms with Crippen LogP contribution >= 0.6 is 12.2 Å². The number of hydrogen-bond donors (Lipinski definition) is 2. The van der Waals surface area contributed by atoms with Crippen molar-refractivity contribution in [3.63, 3.8) is 0 Å². The summed E-state index contributed by atoms with van der Waals surface area (Å²) in [5, 5.41) is 19.7. The first-order valence-corrected chi connectivity index (χ1v) is 6.79. The first-order valence-electron chi connectivity index (χ1n) is 6.38. The van der Waals surface area contributed by atoms with Crippen LogP contribution in [0.2, 0.25) is 0 Å². The third-order valence-corrected chi connectivity index (χ3v) is 2.95. The van der Waals surface area contributed by atoms with Gasteiger partial charge in [-0.1, -0.05) is 18.2 Å². The summed E-state index contributed by atoms with van der Waals surface area (Å²) < 4.78 is 1.79. The summed E-state index contributed by atoms with van der Waals surface area (Å²) in [5.74, 6) is 0. The molecular formula is C15H15N5S. The highest BCUT2D eigenvalue weighted by Gasteiger charge is 2.02. The topological polar surface area (TPSA) is 65.7 Å². The zero-order chi connectivity index (χ0) is 15.1. The highest BCUT2D eigenvalue weighted by atomic mass is 32.1. The molecule has 1 aromatic carbocycles. The second-order valence-corrected chi connectivity index (χ2v) is 4.77. The quantitative estimate of drug-likeness (QED) is 0.655. The molecule has 0 radical (unpaired) electrons. The van der Waals surface area contributed by atoms with Crippen LogP contribution in [-0.2, 0) is 6.54 Å². The summed E-state index contributed by atoms with van der Waals surface area (Å²) in [5.41, 5.74) is 2.48. The number of nitriles is 1. The van der Waals surface area contributed by atoms with E-state index in [4.69, 9.17) is 17.5 Å². The molecule has 1 aromatic heterocycles. The van der Waals surface area contributed by atoms with Crippen LogP contribution in [0, 0.1) is 11.3 Å². The summed E-state index contributed by atoms with van der Waals surface area (Å²) in [4.78, 5) is 0. The van der Waals surface area contributed by atoms with Gasteiger partial charge >= 0.3 is 0 Å². The van der Waals surface area contributed by atoms with Gasteiger partial charge in [-0.3, -0.25) is 4.68 Å². The Hall–Kier alpha value is -2.65. The van der Waals surface area contributed by atoms with E-state index < -0.39 is 0 Å². The van der Waals surface area contributed by atoms with E-state index in [1.807, 2.05) is 24.4 Å². The van der Waals surface area contributed by atoms with Crippen LogP contribution in [0.15, 0.2) is 49.3 Å². The molecule has 0 saturated heterocycles. The van der Waals surface area contributed by atoms with Crippen molar-refractivity contribution in [2.45, 2.75) is 6.54 Å². The second kappa shape index (κ2) is 7.22. The van der Waals surface area contributed by atoms with Gasteiger partial charge in [-0.15, -0.1) is 6.58 Å². The van der Waals surface area contributed by atoms with Crippen LogP contribution in [0.1, 0.15) is 11.1 Å². The van der Waals surface area contributed by atoms with E-state index >= 15 is 0 Å². The van der Waals surface area contributed by atoms with Crippen LogP contribution in [0.5, 0.6) is 0 Å². The maximum atomic E-state index is 8.89. The molecule has 0 fully saturated rings. The van der Waals surface area contributed by atoms with Crippen molar-refractivity contribution in [3.05, 3.63) is 60.4 Å². The van der Waals surface area contributed by atoms with E-state index in [0.29, 0.717) is 23.8 Å². The van der Waals surface area contributed by atoms with E-state index in [2.05, 4.69) is 28.4 Å². The lowest BCUT2D eigenvalue weighted by atomic mass is 10.1. The predicted molar refractivity (Wildman–Crippen MR) is 86.9 cm³/mol. The maximum Gasteiger partial charge on any atom is 0.171 e. The molecular weight excluding hydrogens is 282 g/mol. The Morgan fingerprint density at radius 1 is 1.52 bits per heavy atom. The average Bonchev–Trinajstić information content (AvgIpc) is 2.92. The molecule has 106 valence electrons. The molecule has 2 rings (SSSR count). The van der Waals surface area contributed by atoms with E-state index in [1.54, 1.807) is 23.0 Å². The van der Waals surface area contributed by atoms with Crippen molar-refractivity contribution < 1.29 is 0 Å². The molecule has 0 atom stereocenters. The third kappa shape index (κ3) is 4.44. The van der Waals surface area contributed by atoms with E-state index in [0.717, 1.165) is 11.3 Å². The summed E-state index contributed by atoms with van der Waals surface area (Å²) in [6.45, 7) is 4.83. The molecule has 5 nitrogen and oxygen atoms in total. The van der Waals surface area contributed by atoms with Gasteiger partial charge in [0.1, 0.15) is 0 Å². The van der Waals surface area contributed by atoms with Gasteiger partial charge in [-0.25, -0.2) is 0 Å². The number of thiocarbonyl (C=S) groups is 1. The summed E-state index contributed by atoms with van der Waals surface area (Å²) in [7, 11) is 0. The van der Waals surface area contributed by atoms with Crippen molar-refractivity contribution >= 4 is 23.0 Å². The largest absolute Gasteiger partial charge is 0.359 e. The average molecular weight is 297 g/mol. The molecule has 21 heavy (non-hydrogen) atoms. The first kappa shape index (κ1) is 14.8. The van der Waals surface area contributed by atoms with E-state index in [1.165, 1.54) is 0 Å². The molecule has 0 bridgehead atoms. The molecule has 0 amide bonds. The molecule has 2 N–H and O–H groups in total. The molecule has 0 aliphatic heterocycles. The zero-order valence-electron chi connectivity index (χ0n) is 11.4. The van der Waals surface area contributed by atoms with Crippen LogP contribution in [-0.4, -0.2) is 21.4 Å². The standard InChI is InChI=1S/C15H15N5S/c1-2-6-17-15(21)19-14-9-18-20(11-14)10-13-5-3-4-12(7-13)8-16/h2-5,7,9,11H,1,6,10H2,(H2,17,19,21). The minimum absolute atomic E-state index is 0.529. The lowest BCUT2D eigenvalue weighted by Gasteiger charge is -2.06. The highest BCUT2D eigenvalue weighted by molar-refractivity contribution is 7.80. The zero-order valence-corrected chi connectivity index (χ0v) is 12.2. The number of aromatic nitrogens is 2. The number of anilines is 1. The van der Waals surface area contributed by atoms with Crippen LogP contribution in [0.4, 0.5) is 5.69 Å². The van der Waals surface area contributed by atoms with Crippen LogP contribution in [0.25, 0.3) is 0 Å². The Morgan fingerprint density at radius 3 is 3.14 bits per heavy atom. The van der Waals surface area contributed by atoms with E-state index in [-0.39, 0.29) is 0 Å². The Kier molecular flexibility index (Phi) is 5.07. The molecule has 0 aliphatic carbocycles. The normalized spacial score (nSPS) is 9.67. The Labute approximate surface area is 128 Å². The van der Waals surface area contributed by atoms with Crippen molar-refractivity contribution in [3.8, 4) is 6.07 Å². The van der Waals surface area contributed by atoms with Crippen LogP contribution < -0.4 is 10.6 Å². The van der Waals surface area contributed by atoms with Crippen molar-refractivity contribution in [1.82, 2.24) is 15.1 Å². The number of rotatable bonds is 5. The fourth-order valence-electron chi connectivity index (χ4n) is 1.78. The third-order valence-electron chi connectivity index (χ3n) is 2.70. The second-order valence-electron chi connectivity index (χ2n) is 4.36. The Balaban J connectivity index is 1.98. The first-order chi connectivity index (χ1) is 10.2. The van der Waals surface area contributed by atoms with Crippen molar-refractivity contribution in [2.75, 3.05) is 11.9 Å². The van der Waals surface area contributed by atoms with Gasteiger partial charge in [-0.2, -0.15) is 10.4 Å². The summed E-state index contributed by atoms with van der Waals surface area (Å²) in [6.07, 6.45) is 5.30. The van der Waals surface area contributed by atoms with Gasteiger partial charge in [0.2, 0.25) is 0 Å². The number of nitrogens with zero attached hydrogens (tertiary/aromatic N) is 3. The summed E-state index contributed by atoms with van der Waals surface area (Å²) >= 11 is 5.13. The summed E-state index contributed by atoms with van der Waals surface area (Å²) in [6, 6.07) is 9.59. The monoisotopic (exact) mass is 297 g/mol. The molecule has 6 heteroatoms. The minimum Gasteiger partial charge on any atom is -0.359 e. The fourth-order valence-corrected chi connectivity index (χ4v) is 1.98. The minimum atomic E-state index is 0.529. The Bertz CT molecular complexity index is 683. The molecule has 0 aliphatic rings. The van der Waals surface area contributed by atoms with Gasteiger partial charge in [0.15, 0.2) is 5.11 Å². The smallest absolute Gasteiger partial charge is 0.171 e. The number of nitrogens with one attached hydrogen (secondary N) is 2. The van der Waals surface area contributed by atoms with Gasteiger partial charge in [0.25, 0.3) is 0 Å². The molecule has 0 saturated carbocycles. The molecule has 1 heterocycles. The lowest BCUT2D eigenvalue weighted by molar-refractivity contribution is 0.687. The van der Waals surface area contributed by atoms with Gasteiger partial charge in [-0.05, 0) is 29.9 Å². The SMILES string of the molecule is C=CCNC(=S)Nc1cnn(Cc2cccc(C#N)c2)c1. The predicted octanol–water partition coefficient (Wildman–Crippen LogP) is 2.28. The molecule has 2 aromatic rings. The van der Waals surface area contributed by atoms with Gasteiger partial charge in [0, 0.05) is 12.7 Å². The van der Waals surface area contributed by atoms with E-state index in [9.17, 15) is 0 Å². The van der Waals surface area contributed by atoms with Crippen molar-refractivity contribution in [1.29, 1.82) is 5.26 Å². The Morgan fingerprint density at radius 2 is 2.38 bits per heavy atom. The number of benzene rings is 1. The molecule has 0 unspecified atom stereocenters. The highest BCUT2D eigenvalue weighted by Crippen LogP contribution is 2.09. The van der Waals surface area contributed by atoms with Gasteiger partial charge in [0.05, 0.1) is 30.1 Å².